The van der Waals surface area contributed by atoms with Crippen LogP contribution in [0.4, 0.5) is 10.2 Å². The molecule has 0 aromatic carbocycles. The largest absolute Gasteiger partial charge is 0.367 e. The number of carbonyl (C=O) groups is 3. The molecule has 4 rings (SSSR count). The topological polar surface area (TPSA) is 120 Å². The van der Waals surface area contributed by atoms with Gasteiger partial charge >= 0.3 is 0 Å². The van der Waals surface area contributed by atoms with Gasteiger partial charge in [0.05, 0.1) is 24.0 Å². The SMILES string of the molecule is CC(=O)N1CC[C@H](NC(=S)C(=O)Nc2ccc(F)cn2)[C@H](NC(=O)c2nc3c(s2)CN(C)CC3)C1. The molecule has 0 unspecified atom stereocenters. The van der Waals surface area contributed by atoms with Crippen LogP contribution in [0.1, 0.15) is 33.7 Å². The highest BCUT2D eigenvalue weighted by Gasteiger charge is 2.34. The molecule has 1 fully saturated rings. The molecule has 3 amide bonds. The van der Waals surface area contributed by atoms with E-state index in [1.54, 1.807) is 4.90 Å². The minimum Gasteiger partial charge on any atom is -0.367 e. The van der Waals surface area contributed by atoms with Gasteiger partial charge in [-0.25, -0.2) is 14.4 Å². The predicted octanol–water partition coefficient (Wildman–Crippen LogP) is 0.940. The van der Waals surface area contributed by atoms with Gasteiger partial charge in [0.2, 0.25) is 5.91 Å². The Morgan fingerprint density at radius 3 is 2.71 bits per heavy atom. The number of hydrogen-bond acceptors (Lipinski definition) is 8. The van der Waals surface area contributed by atoms with Gasteiger partial charge in [-0.1, -0.05) is 12.2 Å². The average molecular weight is 520 g/mol. The quantitative estimate of drug-likeness (QED) is 0.511. The highest BCUT2D eigenvalue weighted by Crippen LogP contribution is 2.25. The van der Waals surface area contributed by atoms with Crippen LogP contribution >= 0.6 is 23.6 Å². The van der Waals surface area contributed by atoms with Crippen molar-refractivity contribution >= 4 is 52.1 Å². The number of hydrogen-bond donors (Lipinski definition) is 3. The van der Waals surface area contributed by atoms with Crippen molar-refractivity contribution in [3.8, 4) is 0 Å². The first-order valence-corrected chi connectivity index (χ1v) is 12.4. The summed E-state index contributed by atoms with van der Waals surface area (Å²) < 4.78 is 13.1. The number of nitrogens with zero attached hydrogens (tertiary/aromatic N) is 4. The van der Waals surface area contributed by atoms with Crippen LogP contribution < -0.4 is 16.0 Å². The second-order valence-electron chi connectivity index (χ2n) is 8.61. The fraction of sp³-hybridized carbons (Fsp3) is 0.455. The number of anilines is 1. The molecular formula is C22H26FN7O3S2. The maximum Gasteiger partial charge on any atom is 0.284 e. The fourth-order valence-electron chi connectivity index (χ4n) is 4.06. The Labute approximate surface area is 211 Å². The fourth-order valence-corrected chi connectivity index (χ4v) is 5.36. The molecule has 2 aliphatic rings. The zero-order valence-electron chi connectivity index (χ0n) is 19.3. The van der Waals surface area contributed by atoms with Crippen LogP contribution in [0.3, 0.4) is 0 Å². The highest BCUT2D eigenvalue weighted by molar-refractivity contribution is 7.82. The number of rotatable bonds is 4. The van der Waals surface area contributed by atoms with Crippen LogP contribution in [0, 0.1) is 5.82 Å². The number of likely N-dealkylation sites (N-methyl/N-ethyl adjacent to an activating group) is 1. The average Bonchev–Trinajstić information content (AvgIpc) is 3.25. The monoisotopic (exact) mass is 519 g/mol. The number of carbonyl (C=O) groups excluding carboxylic acids is 3. The number of pyridine rings is 1. The minimum absolute atomic E-state index is 0.0931. The Morgan fingerprint density at radius 2 is 2.00 bits per heavy atom. The second kappa shape index (κ2) is 10.7. The standard InChI is InChI=1S/C22H26FN7O3S2/c1-12(31)30-8-6-14(26-21(34)19(32)28-18-4-3-13(23)9-24-18)16(10-30)25-20(33)22-27-15-5-7-29(2)11-17(15)35-22/h3-4,9,14,16H,5-8,10-11H2,1-2H3,(H,25,33)(H,26,34)(H,24,28,32)/t14-,16+/m0/s1. The summed E-state index contributed by atoms with van der Waals surface area (Å²) in [4.78, 5) is 50.7. The van der Waals surface area contributed by atoms with Gasteiger partial charge < -0.3 is 25.8 Å². The molecule has 2 aliphatic heterocycles. The van der Waals surface area contributed by atoms with Gasteiger partial charge in [0.25, 0.3) is 11.8 Å². The van der Waals surface area contributed by atoms with E-state index in [9.17, 15) is 18.8 Å². The summed E-state index contributed by atoms with van der Waals surface area (Å²) in [5.74, 6) is -1.38. The van der Waals surface area contributed by atoms with Crippen LogP contribution in [-0.2, 0) is 22.6 Å². The van der Waals surface area contributed by atoms with E-state index >= 15 is 0 Å². The molecule has 35 heavy (non-hydrogen) atoms. The third-order valence-corrected chi connectivity index (χ3v) is 7.37. The Morgan fingerprint density at radius 1 is 1.20 bits per heavy atom. The van der Waals surface area contributed by atoms with Crippen LogP contribution in [0.25, 0.3) is 0 Å². The zero-order valence-corrected chi connectivity index (χ0v) is 21.0. The van der Waals surface area contributed by atoms with Gasteiger partial charge in [0.15, 0.2) is 10.00 Å². The third-order valence-electron chi connectivity index (χ3n) is 5.98. The van der Waals surface area contributed by atoms with Crippen molar-refractivity contribution in [1.82, 2.24) is 30.4 Å². The molecule has 0 aliphatic carbocycles. The van der Waals surface area contributed by atoms with Crippen molar-refractivity contribution < 1.29 is 18.8 Å². The van der Waals surface area contributed by atoms with E-state index in [0.717, 1.165) is 36.3 Å². The lowest BCUT2D eigenvalue weighted by molar-refractivity contribution is -0.130. The first kappa shape index (κ1) is 25.1. The first-order valence-electron chi connectivity index (χ1n) is 11.2. The number of nitrogens with one attached hydrogen (secondary N) is 3. The molecule has 0 spiro atoms. The lowest BCUT2D eigenvalue weighted by atomic mass is 9.98. The van der Waals surface area contributed by atoms with E-state index in [1.807, 2.05) is 7.05 Å². The van der Waals surface area contributed by atoms with Crippen molar-refractivity contribution in [3.63, 3.8) is 0 Å². The van der Waals surface area contributed by atoms with Gasteiger partial charge in [-0.3, -0.25) is 14.4 Å². The maximum absolute atomic E-state index is 13.1. The Bertz CT molecular complexity index is 1140. The van der Waals surface area contributed by atoms with Crippen LogP contribution in [-0.4, -0.2) is 81.2 Å². The van der Waals surface area contributed by atoms with Gasteiger partial charge in [0, 0.05) is 44.4 Å². The molecule has 3 N–H and O–H groups in total. The van der Waals surface area contributed by atoms with Crippen LogP contribution in [0.15, 0.2) is 18.3 Å². The van der Waals surface area contributed by atoms with Crippen molar-refractivity contribution in [2.45, 2.75) is 38.4 Å². The number of halogens is 1. The number of piperidine rings is 1. The summed E-state index contributed by atoms with van der Waals surface area (Å²) in [5.41, 5.74) is 0.953. The molecule has 2 aromatic rings. The lowest BCUT2D eigenvalue weighted by Gasteiger charge is -2.39. The molecule has 186 valence electrons. The van der Waals surface area contributed by atoms with Gasteiger partial charge in [-0.15, -0.1) is 11.3 Å². The molecule has 0 radical (unpaired) electrons. The minimum atomic E-state index is -0.602. The predicted molar refractivity (Wildman–Crippen MR) is 133 cm³/mol. The summed E-state index contributed by atoms with van der Waals surface area (Å²) in [7, 11) is 2.03. The lowest BCUT2D eigenvalue weighted by Crippen LogP contribution is -2.61. The Kier molecular flexibility index (Phi) is 7.67. The molecule has 1 saturated heterocycles. The molecule has 4 heterocycles. The van der Waals surface area contributed by atoms with E-state index in [0.29, 0.717) is 18.0 Å². The summed E-state index contributed by atoms with van der Waals surface area (Å²) in [6.07, 6.45) is 2.27. The van der Waals surface area contributed by atoms with E-state index in [2.05, 4.69) is 30.8 Å². The van der Waals surface area contributed by atoms with Crippen molar-refractivity contribution in [3.05, 3.63) is 39.7 Å². The van der Waals surface area contributed by atoms with Crippen molar-refractivity contribution in [1.29, 1.82) is 0 Å². The zero-order chi connectivity index (χ0) is 25.1. The van der Waals surface area contributed by atoms with Crippen molar-refractivity contribution in [2.24, 2.45) is 0 Å². The van der Waals surface area contributed by atoms with E-state index in [1.165, 1.54) is 30.4 Å². The highest BCUT2D eigenvalue weighted by atomic mass is 32.1. The van der Waals surface area contributed by atoms with Gasteiger partial charge in [-0.2, -0.15) is 0 Å². The Balaban J connectivity index is 1.43. The van der Waals surface area contributed by atoms with Crippen LogP contribution in [0.5, 0.6) is 0 Å². The number of amides is 3. The van der Waals surface area contributed by atoms with Crippen LogP contribution in [0.2, 0.25) is 0 Å². The maximum atomic E-state index is 13.1. The summed E-state index contributed by atoms with van der Waals surface area (Å²) >= 11 is 6.64. The first-order chi connectivity index (χ1) is 16.7. The molecule has 13 heteroatoms. The molecular weight excluding hydrogens is 493 g/mol. The third kappa shape index (κ3) is 6.16. The summed E-state index contributed by atoms with van der Waals surface area (Å²) in [6.45, 7) is 3.87. The number of aromatic nitrogens is 2. The molecule has 2 aromatic heterocycles. The molecule has 10 nitrogen and oxygen atoms in total. The smallest absolute Gasteiger partial charge is 0.284 e. The molecule has 2 atom stereocenters. The van der Waals surface area contributed by atoms with Gasteiger partial charge in [0.1, 0.15) is 11.6 Å². The number of thiocarbonyl (C=S) groups is 1. The molecule has 0 bridgehead atoms. The second-order valence-corrected chi connectivity index (χ2v) is 10.1. The van der Waals surface area contributed by atoms with E-state index in [-0.39, 0.29) is 35.2 Å². The van der Waals surface area contributed by atoms with Gasteiger partial charge in [-0.05, 0) is 25.6 Å². The summed E-state index contributed by atoms with van der Waals surface area (Å²) in [5, 5.41) is 8.89. The number of thiazole rings is 1. The van der Waals surface area contributed by atoms with E-state index < -0.39 is 17.8 Å². The Hall–Kier alpha value is -3.03. The van der Waals surface area contributed by atoms with Crippen molar-refractivity contribution in [2.75, 3.05) is 32.0 Å². The number of likely N-dealkylation sites (tertiary alicyclic amines) is 1. The molecule has 0 saturated carbocycles. The summed E-state index contributed by atoms with van der Waals surface area (Å²) in [6, 6.07) is 1.64. The number of fused-ring (bicyclic) bond motifs is 1. The normalized spacial score (nSPS) is 20.0. The van der Waals surface area contributed by atoms with E-state index in [4.69, 9.17) is 12.2 Å².